The summed E-state index contributed by atoms with van der Waals surface area (Å²) in [6, 6.07) is 19.9. The lowest BCUT2D eigenvalue weighted by molar-refractivity contribution is 0.0155. The number of benzene rings is 3. The van der Waals surface area contributed by atoms with Crippen molar-refractivity contribution in [2.45, 2.75) is 12.8 Å². The van der Waals surface area contributed by atoms with Crippen LogP contribution in [-0.2, 0) is 11.5 Å². The molecule has 0 bridgehead atoms. The molecule has 8 nitrogen and oxygen atoms in total. The highest BCUT2D eigenvalue weighted by atomic mass is 32.1. The van der Waals surface area contributed by atoms with Gasteiger partial charge in [-0.2, -0.15) is 0 Å². The molecule has 2 aliphatic heterocycles. The van der Waals surface area contributed by atoms with E-state index in [1.54, 1.807) is 31.3 Å². The van der Waals surface area contributed by atoms with E-state index in [1.807, 2.05) is 39.2 Å². The molecule has 0 atom stereocenters. The number of hydrogen-bond acceptors (Lipinski definition) is 7. The van der Waals surface area contributed by atoms with Crippen molar-refractivity contribution in [2.75, 3.05) is 24.6 Å². The van der Waals surface area contributed by atoms with Crippen LogP contribution in [0.1, 0.15) is 10.4 Å². The standard InChI is InChI=1S/C33H24F2N4O4S/c1-36-33(40)30-22-11-21(24-9-10-28-31(37-24)27-12-20-23(35)3-2-4-25(20)38(27)16-42-28)26(39(44)19-14-41-15-19)13-29(22)43-32(30)17-5-7-18(34)8-6-17/h2-13,19,44H,14-16H2,1H3,(H,36,40). The zero-order valence-corrected chi connectivity index (χ0v) is 24.2. The number of pyridine rings is 1. The number of halogens is 2. The zero-order valence-electron chi connectivity index (χ0n) is 23.3. The summed E-state index contributed by atoms with van der Waals surface area (Å²) in [6.07, 6.45) is 0. The molecular weight excluding hydrogens is 586 g/mol. The third-order valence-corrected chi connectivity index (χ3v) is 8.74. The van der Waals surface area contributed by atoms with Crippen LogP contribution in [0.4, 0.5) is 14.5 Å². The number of nitrogens with zero attached hydrogens (tertiary/aromatic N) is 3. The summed E-state index contributed by atoms with van der Waals surface area (Å²) in [5.41, 5.74) is 5.34. The molecule has 0 unspecified atom stereocenters. The Hall–Kier alpha value is -4.87. The fraction of sp³-hybridized carbons (Fsp3) is 0.152. The fourth-order valence-corrected chi connectivity index (χ4v) is 6.16. The van der Waals surface area contributed by atoms with E-state index in [9.17, 15) is 13.6 Å². The van der Waals surface area contributed by atoms with Crippen LogP contribution in [0, 0.1) is 11.6 Å². The first kappa shape index (κ1) is 26.7. The Bertz CT molecular complexity index is 2120. The average molecular weight is 611 g/mol. The number of amides is 1. The molecule has 44 heavy (non-hydrogen) atoms. The van der Waals surface area contributed by atoms with Crippen LogP contribution in [0.2, 0.25) is 0 Å². The number of rotatable bonds is 5. The molecule has 1 fully saturated rings. The van der Waals surface area contributed by atoms with Gasteiger partial charge in [-0.1, -0.05) is 18.9 Å². The summed E-state index contributed by atoms with van der Waals surface area (Å²) >= 11 is 4.85. The normalized spacial score (nSPS) is 14.2. The molecule has 3 aromatic carbocycles. The lowest BCUT2D eigenvalue weighted by Gasteiger charge is -2.35. The van der Waals surface area contributed by atoms with Gasteiger partial charge < -0.3 is 28.1 Å². The Morgan fingerprint density at radius 2 is 1.86 bits per heavy atom. The highest BCUT2D eigenvalue weighted by Gasteiger charge is 2.30. The number of fused-ring (bicyclic) bond motifs is 6. The molecular formula is C33H24F2N4O4S. The average Bonchev–Trinajstić information content (AvgIpc) is 3.59. The van der Waals surface area contributed by atoms with Crippen LogP contribution in [0.5, 0.6) is 5.75 Å². The van der Waals surface area contributed by atoms with Gasteiger partial charge in [0.1, 0.15) is 34.4 Å². The second kappa shape index (κ2) is 10.1. The van der Waals surface area contributed by atoms with Crippen LogP contribution < -0.4 is 14.4 Å². The van der Waals surface area contributed by atoms with Crippen molar-refractivity contribution in [2.24, 2.45) is 0 Å². The lowest BCUT2D eigenvalue weighted by Crippen LogP contribution is -2.44. The fourth-order valence-electron chi connectivity index (χ4n) is 5.86. The van der Waals surface area contributed by atoms with Gasteiger partial charge in [-0.3, -0.25) is 4.79 Å². The smallest absolute Gasteiger partial charge is 0.255 e. The van der Waals surface area contributed by atoms with E-state index >= 15 is 0 Å². The minimum Gasteiger partial charge on any atom is -0.470 e. The van der Waals surface area contributed by atoms with Crippen molar-refractivity contribution in [3.05, 3.63) is 90.0 Å². The molecule has 2 aliphatic rings. The van der Waals surface area contributed by atoms with E-state index in [1.165, 1.54) is 18.2 Å². The Kier molecular flexibility index (Phi) is 6.14. The summed E-state index contributed by atoms with van der Waals surface area (Å²) in [6.45, 7) is 1.23. The van der Waals surface area contributed by atoms with Gasteiger partial charge in [-0.15, -0.1) is 0 Å². The summed E-state index contributed by atoms with van der Waals surface area (Å²) in [7, 11) is 1.55. The second-order valence-corrected chi connectivity index (χ2v) is 11.2. The molecule has 0 radical (unpaired) electrons. The number of ether oxygens (including phenoxy) is 2. The van der Waals surface area contributed by atoms with E-state index in [0.717, 1.165) is 5.69 Å². The van der Waals surface area contributed by atoms with Gasteiger partial charge in [0.25, 0.3) is 5.91 Å². The van der Waals surface area contributed by atoms with E-state index in [4.69, 9.17) is 31.7 Å². The van der Waals surface area contributed by atoms with Crippen LogP contribution in [-0.4, -0.2) is 41.8 Å². The van der Waals surface area contributed by atoms with Crippen molar-refractivity contribution in [3.63, 3.8) is 0 Å². The molecule has 6 aromatic rings. The maximum Gasteiger partial charge on any atom is 0.255 e. The Morgan fingerprint density at radius 3 is 2.61 bits per heavy atom. The van der Waals surface area contributed by atoms with Crippen LogP contribution in [0.3, 0.4) is 0 Å². The van der Waals surface area contributed by atoms with E-state index in [2.05, 4.69) is 5.32 Å². The predicted molar refractivity (Wildman–Crippen MR) is 166 cm³/mol. The number of aromatic nitrogens is 2. The quantitative estimate of drug-likeness (QED) is 0.209. The first-order valence-electron chi connectivity index (χ1n) is 14.0. The molecule has 8 rings (SSSR count). The molecule has 3 aromatic heterocycles. The summed E-state index contributed by atoms with van der Waals surface area (Å²) in [4.78, 5) is 18.3. The lowest BCUT2D eigenvalue weighted by atomic mass is 10.00. The number of thiol groups is 1. The third kappa shape index (κ3) is 4.07. The van der Waals surface area contributed by atoms with Gasteiger partial charge >= 0.3 is 0 Å². The predicted octanol–water partition coefficient (Wildman–Crippen LogP) is 6.82. The van der Waals surface area contributed by atoms with Crippen LogP contribution >= 0.6 is 12.8 Å². The molecule has 0 aliphatic carbocycles. The van der Waals surface area contributed by atoms with Gasteiger partial charge in [0.05, 0.1) is 47.4 Å². The van der Waals surface area contributed by atoms with Crippen LogP contribution in [0.25, 0.3) is 55.8 Å². The number of hydrogen-bond donors (Lipinski definition) is 2. The minimum absolute atomic E-state index is 0.00550. The molecule has 1 amide bonds. The van der Waals surface area contributed by atoms with Gasteiger partial charge in [-0.25, -0.2) is 13.8 Å². The number of furan rings is 1. The molecule has 5 heterocycles. The first-order valence-corrected chi connectivity index (χ1v) is 14.4. The Morgan fingerprint density at radius 1 is 1.05 bits per heavy atom. The maximum absolute atomic E-state index is 14.7. The van der Waals surface area contributed by atoms with Crippen molar-refractivity contribution >= 4 is 46.3 Å². The first-order chi connectivity index (χ1) is 21.4. The van der Waals surface area contributed by atoms with Gasteiger partial charge in [0.2, 0.25) is 0 Å². The zero-order chi connectivity index (χ0) is 30.1. The molecule has 0 spiro atoms. The molecule has 1 saturated heterocycles. The van der Waals surface area contributed by atoms with Gasteiger partial charge in [0.15, 0.2) is 6.73 Å². The highest BCUT2D eigenvalue weighted by molar-refractivity contribution is 7.81. The minimum atomic E-state index is -0.395. The monoisotopic (exact) mass is 610 g/mol. The maximum atomic E-state index is 14.7. The SMILES string of the molecule is CNC(=O)c1c(-c2ccc(F)cc2)oc2cc(N(S)C3COC3)c(-c3ccc4c(n3)-c3cc5c(F)cccc5n3CO4)cc12. The third-order valence-electron chi connectivity index (χ3n) is 8.20. The molecule has 0 saturated carbocycles. The second-order valence-electron chi connectivity index (χ2n) is 10.7. The Balaban J connectivity index is 1.36. The van der Waals surface area contributed by atoms with E-state index in [0.29, 0.717) is 80.4 Å². The van der Waals surface area contributed by atoms with Gasteiger partial charge in [-0.05, 0) is 60.7 Å². The van der Waals surface area contributed by atoms with E-state index < -0.39 is 5.82 Å². The molecule has 1 N–H and O–H groups in total. The van der Waals surface area contributed by atoms with Gasteiger partial charge in [0, 0.05) is 35.0 Å². The number of nitrogens with one attached hydrogen (secondary N) is 1. The highest BCUT2D eigenvalue weighted by Crippen LogP contribution is 2.44. The van der Waals surface area contributed by atoms with Crippen molar-refractivity contribution < 1.29 is 27.5 Å². The molecule has 220 valence electrons. The van der Waals surface area contributed by atoms with Crippen LogP contribution in [0.15, 0.2) is 77.2 Å². The summed E-state index contributed by atoms with van der Waals surface area (Å²) in [5, 5.41) is 3.75. The largest absolute Gasteiger partial charge is 0.470 e. The van der Waals surface area contributed by atoms with Crippen molar-refractivity contribution in [3.8, 4) is 39.7 Å². The van der Waals surface area contributed by atoms with Crippen molar-refractivity contribution in [1.29, 1.82) is 0 Å². The number of carbonyl (C=O) groups is 1. The number of anilines is 1. The number of carbonyl (C=O) groups excluding carboxylic acids is 1. The Labute approximate surface area is 255 Å². The van der Waals surface area contributed by atoms with E-state index in [-0.39, 0.29) is 24.5 Å². The summed E-state index contributed by atoms with van der Waals surface area (Å²) in [5.74, 6) is -0.167. The summed E-state index contributed by atoms with van der Waals surface area (Å²) < 4.78 is 49.9. The topological polar surface area (TPSA) is 81.8 Å². The van der Waals surface area contributed by atoms with Crippen molar-refractivity contribution in [1.82, 2.24) is 14.9 Å². The molecule has 11 heteroatoms.